The Kier molecular flexibility index (Phi) is 5.26. The van der Waals surface area contributed by atoms with Crippen LogP contribution in [0.3, 0.4) is 0 Å². The molecular formula is C16H26N2O2. The smallest absolute Gasteiger partial charge is 0.165 e. The van der Waals surface area contributed by atoms with Crippen molar-refractivity contribution in [1.29, 1.82) is 0 Å². The first kappa shape index (κ1) is 15.1. The molecule has 1 fully saturated rings. The Hall–Kier alpha value is -1.26. The zero-order valence-electron chi connectivity index (χ0n) is 13.0. The average Bonchev–Trinajstić information content (AvgIpc) is 2.45. The highest BCUT2D eigenvalue weighted by molar-refractivity contribution is 5.46. The second-order valence-corrected chi connectivity index (χ2v) is 5.67. The predicted octanol–water partition coefficient (Wildman–Crippen LogP) is 2.13. The summed E-state index contributed by atoms with van der Waals surface area (Å²) in [6.45, 7) is 5.46. The van der Waals surface area contributed by atoms with Crippen LogP contribution in [0.2, 0.25) is 0 Å². The third-order valence-electron chi connectivity index (χ3n) is 4.15. The van der Waals surface area contributed by atoms with Crippen molar-refractivity contribution in [2.24, 2.45) is 5.92 Å². The molecule has 112 valence electrons. The summed E-state index contributed by atoms with van der Waals surface area (Å²) in [5, 5.41) is 3.67. The Morgan fingerprint density at radius 1 is 1.30 bits per heavy atom. The van der Waals surface area contributed by atoms with Crippen LogP contribution in [-0.4, -0.2) is 45.3 Å². The number of rotatable bonds is 5. The van der Waals surface area contributed by atoms with Crippen LogP contribution in [0, 0.1) is 5.92 Å². The molecule has 2 unspecified atom stereocenters. The summed E-state index contributed by atoms with van der Waals surface area (Å²) >= 11 is 0. The molecule has 0 amide bonds. The zero-order chi connectivity index (χ0) is 14.5. The molecule has 1 N–H and O–H groups in total. The number of hydrogen-bond donors (Lipinski definition) is 1. The molecule has 4 heteroatoms. The van der Waals surface area contributed by atoms with E-state index in [1.54, 1.807) is 14.2 Å². The lowest BCUT2D eigenvalue weighted by Gasteiger charge is -2.35. The predicted molar refractivity (Wildman–Crippen MR) is 81.5 cm³/mol. The first-order valence-electron chi connectivity index (χ1n) is 7.27. The standard InChI is InChI=1S/C16H26N2O2/c1-12-11-18(2)9-8-14(12)17-10-13-6-5-7-15(19-3)16(13)20-4/h5-7,12,14,17H,8-11H2,1-4H3. The topological polar surface area (TPSA) is 33.7 Å². The number of nitrogens with zero attached hydrogens (tertiary/aromatic N) is 1. The fourth-order valence-electron chi connectivity index (χ4n) is 2.99. The molecule has 20 heavy (non-hydrogen) atoms. The molecule has 0 aliphatic carbocycles. The fraction of sp³-hybridized carbons (Fsp3) is 0.625. The highest BCUT2D eigenvalue weighted by Gasteiger charge is 2.23. The largest absolute Gasteiger partial charge is 0.493 e. The van der Waals surface area contributed by atoms with Gasteiger partial charge in [0, 0.05) is 24.7 Å². The molecule has 1 aromatic rings. The van der Waals surface area contributed by atoms with Gasteiger partial charge in [-0.25, -0.2) is 0 Å². The number of nitrogens with one attached hydrogen (secondary N) is 1. The molecule has 0 bridgehead atoms. The molecule has 1 heterocycles. The van der Waals surface area contributed by atoms with Crippen molar-refractivity contribution < 1.29 is 9.47 Å². The number of para-hydroxylation sites is 1. The number of methoxy groups -OCH3 is 2. The Bertz CT molecular complexity index is 436. The minimum Gasteiger partial charge on any atom is -0.493 e. The molecule has 1 aliphatic rings. The summed E-state index contributed by atoms with van der Waals surface area (Å²) in [6, 6.07) is 6.60. The lowest BCUT2D eigenvalue weighted by Crippen LogP contribution is -2.46. The van der Waals surface area contributed by atoms with Gasteiger partial charge in [0.2, 0.25) is 0 Å². The summed E-state index contributed by atoms with van der Waals surface area (Å²) in [4.78, 5) is 2.40. The maximum atomic E-state index is 5.48. The summed E-state index contributed by atoms with van der Waals surface area (Å²) in [7, 11) is 5.56. The van der Waals surface area contributed by atoms with Gasteiger partial charge >= 0.3 is 0 Å². The summed E-state index contributed by atoms with van der Waals surface area (Å²) in [5.74, 6) is 2.30. The number of likely N-dealkylation sites (tertiary alicyclic amines) is 1. The van der Waals surface area contributed by atoms with Crippen molar-refractivity contribution in [2.45, 2.75) is 25.9 Å². The van der Waals surface area contributed by atoms with E-state index in [1.807, 2.05) is 12.1 Å². The number of hydrogen-bond acceptors (Lipinski definition) is 4. The van der Waals surface area contributed by atoms with Gasteiger partial charge in [0.1, 0.15) is 0 Å². The van der Waals surface area contributed by atoms with Crippen molar-refractivity contribution in [3.05, 3.63) is 23.8 Å². The van der Waals surface area contributed by atoms with E-state index >= 15 is 0 Å². The molecule has 0 spiro atoms. The Morgan fingerprint density at radius 2 is 2.10 bits per heavy atom. The lowest BCUT2D eigenvalue weighted by atomic mass is 9.94. The Labute approximate surface area is 122 Å². The summed E-state index contributed by atoms with van der Waals surface area (Å²) in [5.41, 5.74) is 1.15. The third kappa shape index (κ3) is 3.44. The van der Waals surface area contributed by atoms with Gasteiger partial charge in [0.25, 0.3) is 0 Å². The van der Waals surface area contributed by atoms with Crippen molar-refractivity contribution >= 4 is 0 Å². The minimum absolute atomic E-state index is 0.571. The van der Waals surface area contributed by atoms with E-state index in [9.17, 15) is 0 Å². The number of piperidine rings is 1. The summed E-state index contributed by atoms with van der Waals surface area (Å²) < 4.78 is 10.8. The quantitative estimate of drug-likeness (QED) is 0.894. The number of benzene rings is 1. The second-order valence-electron chi connectivity index (χ2n) is 5.67. The summed E-state index contributed by atoms with van der Waals surface area (Å²) in [6.07, 6.45) is 1.20. The maximum Gasteiger partial charge on any atom is 0.165 e. The number of ether oxygens (including phenoxy) is 2. The van der Waals surface area contributed by atoms with Crippen LogP contribution >= 0.6 is 0 Å². The lowest BCUT2D eigenvalue weighted by molar-refractivity contribution is 0.174. The fourth-order valence-corrected chi connectivity index (χ4v) is 2.99. The van der Waals surface area contributed by atoms with Gasteiger partial charge in [-0.05, 0) is 32.0 Å². The molecule has 0 aromatic heterocycles. The second kappa shape index (κ2) is 6.95. The first-order chi connectivity index (χ1) is 9.65. The van der Waals surface area contributed by atoms with E-state index in [0.29, 0.717) is 12.0 Å². The van der Waals surface area contributed by atoms with E-state index in [0.717, 1.165) is 36.7 Å². The molecule has 1 saturated heterocycles. The van der Waals surface area contributed by atoms with E-state index < -0.39 is 0 Å². The normalized spacial score (nSPS) is 23.6. The molecular weight excluding hydrogens is 252 g/mol. The Morgan fingerprint density at radius 3 is 2.75 bits per heavy atom. The maximum absolute atomic E-state index is 5.48. The monoisotopic (exact) mass is 278 g/mol. The molecule has 0 saturated carbocycles. The van der Waals surface area contributed by atoms with Crippen LogP contribution in [0.5, 0.6) is 11.5 Å². The van der Waals surface area contributed by atoms with Crippen LogP contribution in [0.25, 0.3) is 0 Å². The van der Waals surface area contributed by atoms with Crippen LogP contribution in [-0.2, 0) is 6.54 Å². The average molecular weight is 278 g/mol. The van der Waals surface area contributed by atoms with Gasteiger partial charge in [-0.1, -0.05) is 19.1 Å². The SMILES string of the molecule is COc1cccc(CNC2CCN(C)CC2C)c1OC. The molecule has 2 atom stereocenters. The molecule has 0 radical (unpaired) electrons. The van der Waals surface area contributed by atoms with Gasteiger partial charge in [0.05, 0.1) is 14.2 Å². The van der Waals surface area contributed by atoms with Crippen LogP contribution in [0.1, 0.15) is 18.9 Å². The first-order valence-corrected chi connectivity index (χ1v) is 7.27. The van der Waals surface area contributed by atoms with Crippen LogP contribution < -0.4 is 14.8 Å². The van der Waals surface area contributed by atoms with Crippen molar-refractivity contribution in [3.8, 4) is 11.5 Å². The van der Waals surface area contributed by atoms with Gasteiger partial charge in [0.15, 0.2) is 11.5 Å². The molecule has 4 nitrogen and oxygen atoms in total. The van der Waals surface area contributed by atoms with E-state index in [4.69, 9.17) is 9.47 Å². The van der Waals surface area contributed by atoms with Crippen molar-refractivity contribution in [3.63, 3.8) is 0 Å². The molecule has 1 aliphatic heterocycles. The van der Waals surface area contributed by atoms with Crippen molar-refractivity contribution in [2.75, 3.05) is 34.4 Å². The van der Waals surface area contributed by atoms with E-state index in [1.165, 1.54) is 6.42 Å². The van der Waals surface area contributed by atoms with E-state index in [-0.39, 0.29) is 0 Å². The minimum atomic E-state index is 0.571. The van der Waals surface area contributed by atoms with Crippen LogP contribution in [0.15, 0.2) is 18.2 Å². The van der Waals surface area contributed by atoms with Crippen molar-refractivity contribution in [1.82, 2.24) is 10.2 Å². The highest BCUT2D eigenvalue weighted by Crippen LogP contribution is 2.30. The highest BCUT2D eigenvalue weighted by atomic mass is 16.5. The third-order valence-corrected chi connectivity index (χ3v) is 4.15. The molecule has 1 aromatic carbocycles. The van der Waals surface area contributed by atoms with Gasteiger partial charge in [-0.2, -0.15) is 0 Å². The zero-order valence-corrected chi connectivity index (χ0v) is 13.0. The van der Waals surface area contributed by atoms with Gasteiger partial charge in [-0.3, -0.25) is 0 Å². The van der Waals surface area contributed by atoms with Gasteiger partial charge < -0.3 is 19.7 Å². The molecule has 2 rings (SSSR count). The van der Waals surface area contributed by atoms with E-state index in [2.05, 4.69) is 30.3 Å². The Balaban J connectivity index is 2.00. The van der Waals surface area contributed by atoms with Crippen LogP contribution in [0.4, 0.5) is 0 Å². The van der Waals surface area contributed by atoms with Gasteiger partial charge in [-0.15, -0.1) is 0 Å².